The number of anilines is 2. The van der Waals surface area contributed by atoms with Crippen molar-refractivity contribution >= 4 is 29.0 Å². The Labute approximate surface area is 134 Å². The van der Waals surface area contributed by atoms with Crippen LogP contribution in [0.15, 0.2) is 48.5 Å². The van der Waals surface area contributed by atoms with Gasteiger partial charge in [0.25, 0.3) is 0 Å². The Morgan fingerprint density at radius 3 is 2.73 bits per heavy atom. The van der Waals surface area contributed by atoms with Crippen LogP contribution in [0.5, 0.6) is 5.75 Å². The number of nitrogens with zero attached hydrogens (tertiary/aromatic N) is 1. The van der Waals surface area contributed by atoms with Gasteiger partial charge in [0.1, 0.15) is 11.1 Å². The van der Waals surface area contributed by atoms with Gasteiger partial charge in [0.05, 0.1) is 12.4 Å². The predicted octanol–water partition coefficient (Wildman–Crippen LogP) is 3.45. The minimum Gasteiger partial charge on any atom is -0.494 e. The molecule has 114 valence electrons. The van der Waals surface area contributed by atoms with Gasteiger partial charge in [0, 0.05) is 11.4 Å². The highest BCUT2D eigenvalue weighted by Crippen LogP contribution is 2.42. The fourth-order valence-corrected chi connectivity index (χ4v) is 3.70. The van der Waals surface area contributed by atoms with E-state index in [1.807, 2.05) is 60.4 Å². The van der Waals surface area contributed by atoms with E-state index in [1.54, 1.807) is 11.8 Å². The van der Waals surface area contributed by atoms with Crippen LogP contribution in [0.1, 0.15) is 17.9 Å². The Kier molecular flexibility index (Phi) is 4.24. The number of hydrogen-bond donors (Lipinski definition) is 1. The van der Waals surface area contributed by atoms with E-state index in [2.05, 4.69) is 0 Å². The number of rotatable bonds is 4. The van der Waals surface area contributed by atoms with Crippen LogP contribution in [0.4, 0.5) is 11.4 Å². The van der Waals surface area contributed by atoms with E-state index >= 15 is 0 Å². The van der Waals surface area contributed by atoms with E-state index in [0.29, 0.717) is 18.0 Å². The Morgan fingerprint density at radius 1 is 1.27 bits per heavy atom. The van der Waals surface area contributed by atoms with Crippen molar-refractivity contribution in [2.75, 3.05) is 23.0 Å². The summed E-state index contributed by atoms with van der Waals surface area (Å²) in [4.78, 5) is 14.1. The molecule has 0 aromatic heterocycles. The minimum atomic E-state index is -0.0334. The van der Waals surface area contributed by atoms with Crippen molar-refractivity contribution in [2.24, 2.45) is 0 Å². The minimum absolute atomic E-state index is 0.0334. The van der Waals surface area contributed by atoms with E-state index in [0.717, 1.165) is 17.0 Å². The molecule has 1 amide bonds. The third-order valence-corrected chi connectivity index (χ3v) is 4.70. The van der Waals surface area contributed by atoms with Crippen molar-refractivity contribution < 1.29 is 9.53 Å². The quantitative estimate of drug-likeness (QED) is 0.878. The summed E-state index contributed by atoms with van der Waals surface area (Å²) in [6, 6.07) is 15.3. The maximum atomic E-state index is 12.3. The molecule has 2 aromatic carbocycles. The van der Waals surface area contributed by atoms with Crippen LogP contribution in [-0.2, 0) is 4.79 Å². The molecule has 5 heteroatoms. The lowest BCUT2D eigenvalue weighted by molar-refractivity contribution is -0.115. The Bertz CT molecular complexity index is 673. The van der Waals surface area contributed by atoms with Crippen LogP contribution in [-0.4, -0.2) is 18.3 Å². The lowest BCUT2D eigenvalue weighted by Gasteiger charge is -2.24. The number of hydrogen-bond acceptors (Lipinski definition) is 4. The molecular weight excluding hydrogens is 296 g/mol. The molecule has 22 heavy (non-hydrogen) atoms. The second-order valence-corrected chi connectivity index (χ2v) is 6.09. The SMILES string of the molecule is CCOc1ccc(N2C(=O)CSC2c2cccc(N)c2)cc1. The van der Waals surface area contributed by atoms with Crippen LogP contribution in [0.25, 0.3) is 0 Å². The summed E-state index contributed by atoms with van der Waals surface area (Å²) < 4.78 is 5.45. The fourth-order valence-electron chi connectivity index (χ4n) is 2.53. The van der Waals surface area contributed by atoms with Crippen LogP contribution in [0.3, 0.4) is 0 Å². The lowest BCUT2D eigenvalue weighted by Crippen LogP contribution is -2.27. The number of amides is 1. The molecule has 3 rings (SSSR count). The highest BCUT2D eigenvalue weighted by molar-refractivity contribution is 8.00. The molecule has 2 aromatic rings. The molecule has 1 unspecified atom stereocenters. The van der Waals surface area contributed by atoms with Crippen molar-refractivity contribution in [3.8, 4) is 5.75 Å². The first-order chi connectivity index (χ1) is 10.7. The smallest absolute Gasteiger partial charge is 0.238 e. The molecule has 0 bridgehead atoms. The number of ether oxygens (including phenoxy) is 1. The molecular formula is C17H18N2O2S. The molecule has 1 saturated heterocycles. The molecule has 1 atom stereocenters. The van der Waals surface area contributed by atoms with Crippen molar-refractivity contribution in [2.45, 2.75) is 12.3 Å². The summed E-state index contributed by atoms with van der Waals surface area (Å²) in [7, 11) is 0. The van der Waals surface area contributed by atoms with E-state index in [1.165, 1.54) is 0 Å². The fraction of sp³-hybridized carbons (Fsp3) is 0.235. The van der Waals surface area contributed by atoms with E-state index in [4.69, 9.17) is 10.5 Å². The van der Waals surface area contributed by atoms with Gasteiger partial charge in [-0.1, -0.05) is 12.1 Å². The van der Waals surface area contributed by atoms with Gasteiger partial charge in [-0.3, -0.25) is 9.69 Å². The van der Waals surface area contributed by atoms with E-state index < -0.39 is 0 Å². The van der Waals surface area contributed by atoms with Crippen molar-refractivity contribution in [1.29, 1.82) is 0 Å². The third-order valence-electron chi connectivity index (χ3n) is 3.49. The zero-order valence-corrected chi connectivity index (χ0v) is 13.2. The number of nitrogen functional groups attached to an aromatic ring is 1. The monoisotopic (exact) mass is 314 g/mol. The molecule has 0 radical (unpaired) electrons. The van der Waals surface area contributed by atoms with Crippen molar-refractivity contribution in [3.63, 3.8) is 0 Å². The molecule has 1 aliphatic rings. The first-order valence-electron chi connectivity index (χ1n) is 7.21. The molecule has 1 fully saturated rings. The molecule has 1 aliphatic heterocycles. The van der Waals surface area contributed by atoms with Gasteiger partial charge in [-0.2, -0.15) is 0 Å². The molecule has 1 heterocycles. The predicted molar refractivity (Wildman–Crippen MR) is 91.2 cm³/mol. The van der Waals surface area contributed by atoms with Crippen LogP contribution >= 0.6 is 11.8 Å². The highest BCUT2D eigenvalue weighted by atomic mass is 32.2. The number of thioether (sulfide) groups is 1. The summed E-state index contributed by atoms with van der Waals surface area (Å²) in [5, 5.41) is -0.0334. The Balaban J connectivity index is 1.90. The van der Waals surface area contributed by atoms with Crippen molar-refractivity contribution in [3.05, 3.63) is 54.1 Å². The highest BCUT2D eigenvalue weighted by Gasteiger charge is 2.34. The zero-order valence-electron chi connectivity index (χ0n) is 12.4. The average molecular weight is 314 g/mol. The second kappa shape index (κ2) is 6.32. The molecule has 0 aliphatic carbocycles. The van der Waals surface area contributed by atoms with E-state index in [9.17, 15) is 4.79 Å². The molecule has 2 N–H and O–H groups in total. The van der Waals surface area contributed by atoms with E-state index in [-0.39, 0.29) is 11.3 Å². The van der Waals surface area contributed by atoms with Gasteiger partial charge in [0.2, 0.25) is 5.91 Å². The Morgan fingerprint density at radius 2 is 2.05 bits per heavy atom. The van der Waals surface area contributed by atoms with Gasteiger partial charge < -0.3 is 10.5 Å². The normalized spacial score (nSPS) is 17.8. The first-order valence-corrected chi connectivity index (χ1v) is 8.26. The summed E-state index contributed by atoms with van der Waals surface area (Å²) in [6.07, 6.45) is 0. The van der Waals surface area contributed by atoms with Crippen molar-refractivity contribution in [1.82, 2.24) is 0 Å². The summed E-state index contributed by atoms with van der Waals surface area (Å²) in [6.45, 7) is 2.58. The number of carbonyl (C=O) groups excluding carboxylic acids is 1. The number of carbonyl (C=O) groups is 1. The van der Waals surface area contributed by atoms with Gasteiger partial charge in [-0.05, 0) is 48.9 Å². The number of benzene rings is 2. The summed E-state index contributed by atoms with van der Waals surface area (Å²) >= 11 is 1.62. The summed E-state index contributed by atoms with van der Waals surface area (Å²) in [5.41, 5.74) is 8.51. The van der Waals surface area contributed by atoms with Gasteiger partial charge >= 0.3 is 0 Å². The largest absolute Gasteiger partial charge is 0.494 e. The van der Waals surface area contributed by atoms with Crippen LogP contribution < -0.4 is 15.4 Å². The molecule has 0 spiro atoms. The standard InChI is InChI=1S/C17H18N2O2S/c1-2-21-15-8-6-14(7-9-15)19-16(20)11-22-17(19)12-4-3-5-13(18)10-12/h3-10,17H,2,11,18H2,1H3. The zero-order chi connectivity index (χ0) is 15.5. The topological polar surface area (TPSA) is 55.6 Å². The second-order valence-electron chi connectivity index (χ2n) is 5.02. The third kappa shape index (κ3) is 2.90. The molecule has 4 nitrogen and oxygen atoms in total. The van der Waals surface area contributed by atoms with Gasteiger partial charge in [0.15, 0.2) is 0 Å². The summed E-state index contributed by atoms with van der Waals surface area (Å²) in [5.74, 6) is 1.40. The average Bonchev–Trinajstić information content (AvgIpc) is 2.90. The van der Waals surface area contributed by atoms with Gasteiger partial charge in [-0.15, -0.1) is 11.8 Å². The maximum absolute atomic E-state index is 12.3. The van der Waals surface area contributed by atoms with Crippen LogP contribution in [0, 0.1) is 0 Å². The lowest BCUT2D eigenvalue weighted by atomic mass is 10.1. The Hall–Kier alpha value is -2.14. The van der Waals surface area contributed by atoms with Gasteiger partial charge in [-0.25, -0.2) is 0 Å². The first kappa shape index (κ1) is 14.8. The number of nitrogens with two attached hydrogens (primary N) is 1. The van der Waals surface area contributed by atoms with Crippen LogP contribution in [0.2, 0.25) is 0 Å². The maximum Gasteiger partial charge on any atom is 0.238 e. The molecule has 0 saturated carbocycles.